The highest BCUT2D eigenvalue weighted by molar-refractivity contribution is 5.56. The van der Waals surface area contributed by atoms with Crippen molar-refractivity contribution in [3.63, 3.8) is 0 Å². The molecule has 0 aliphatic carbocycles. The minimum Gasteiger partial charge on any atom is -1.00 e. The second-order valence-corrected chi connectivity index (χ2v) is 7.09. The summed E-state index contributed by atoms with van der Waals surface area (Å²) in [5.41, 5.74) is 0. The Kier molecular flexibility index (Phi) is 19.3. The Hall–Kier alpha value is 0.110. The molecule has 0 atom stereocenters. The summed E-state index contributed by atoms with van der Waals surface area (Å²) in [5, 5.41) is 0. The van der Waals surface area contributed by atoms with Crippen LogP contribution in [-0.2, 0) is 0 Å². The van der Waals surface area contributed by atoms with Crippen LogP contribution < -0.4 is 17.0 Å². The van der Waals surface area contributed by atoms with Gasteiger partial charge in [-0.15, -0.1) is 0 Å². The third kappa shape index (κ3) is 18.2. The van der Waals surface area contributed by atoms with Crippen LogP contribution in [0, 0.1) is 0 Å². The highest BCUT2D eigenvalue weighted by Crippen LogP contribution is 2.10. The quantitative estimate of drug-likeness (QED) is 0.236. The van der Waals surface area contributed by atoms with Gasteiger partial charge in [0.05, 0.1) is 27.2 Å². The molecular formula is C19H41BrN2. The Balaban J connectivity index is 0. The van der Waals surface area contributed by atoms with E-state index in [4.69, 9.17) is 0 Å². The topological polar surface area (TPSA) is 12.4 Å². The molecule has 0 aromatic heterocycles. The Morgan fingerprint density at radius 2 is 1.27 bits per heavy atom. The Bertz CT molecular complexity index is 240. The van der Waals surface area contributed by atoms with E-state index < -0.39 is 0 Å². The minimum atomic E-state index is 0. The van der Waals surface area contributed by atoms with Crippen LogP contribution in [0.5, 0.6) is 0 Å². The highest BCUT2D eigenvalue weighted by Gasteiger charge is 2.13. The number of unbranched alkanes of at least 4 members (excludes halogenated alkanes) is 8. The molecule has 0 bridgehead atoms. The molecule has 3 heteroatoms. The predicted octanol–water partition coefficient (Wildman–Crippen LogP) is 2.47. The SMILES string of the molecule is CCCC=NCCC[N+](C)(C)CCCCCCCCCC.[Br-]. The zero-order valence-corrected chi connectivity index (χ0v) is 17.3. The van der Waals surface area contributed by atoms with Gasteiger partial charge in [0.2, 0.25) is 0 Å². The number of hydrogen-bond acceptors (Lipinski definition) is 1. The molecule has 0 aliphatic heterocycles. The van der Waals surface area contributed by atoms with E-state index in [0.717, 1.165) is 13.0 Å². The van der Waals surface area contributed by atoms with Gasteiger partial charge in [0.15, 0.2) is 0 Å². The standard InChI is InChI=1S/C19H41N2.BrH/c1-5-7-9-10-11-12-13-14-18-21(3,4)19-15-17-20-16-8-6-2;/h16H,5-15,17-19H2,1-4H3;1H/q+1;/p-1. The summed E-state index contributed by atoms with van der Waals surface area (Å²) in [5.74, 6) is 0. The van der Waals surface area contributed by atoms with Crippen LogP contribution in [0.2, 0.25) is 0 Å². The van der Waals surface area contributed by atoms with Gasteiger partial charge in [0.1, 0.15) is 0 Å². The molecule has 0 aromatic rings. The number of rotatable bonds is 15. The van der Waals surface area contributed by atoms with Crippen LogP contribution in [0.15, 0.2) is 4.99 Å². The first-order valence-corrected chi connectivity index (χ1v) is 9.42. The van der Waals surface area contributed by atoms with Gasteiger partial charge in [-0.3, -0.25) is 4.99 Å². The second-order valence-electron chi connectivity index (χ2n) is 7.09. The van der Waals surface area contributed by atoms with Crippen molar-refractivity contribution in [2.45, 2.75) is 84.5 Å². The first kappa shape index (κ1) is 24.4. The molecule has 0 rings (SSSR count). The summed E-state index contributed by atoms with van der Waals surface area (Å²) in [6.07, 6.45) is 17.0. The first-order valence-electron chi connectivity index (χ1n) is 9.42. The Morgan fingerprint density at radius 3 is 1.86 bits per heavy atom. The van der Waals surface area contributed by atoms with Crippen molar-refractivity contribution in [1.82, 2.24) is 0 Å². The second kappa shape index (κ2) is 17.5. The normalized spacial score (nSPS) is 11.8. The molecule has 0 aromatic carbocycles. The molecule has 0 amide bonds. The van der Waals surface area contributed by atoms with Gasteiger partial charge in [0.25, 0.3) is 0 Å². The van der Waals surface area contributed by atoms with Gasteiger partial charge in [-0.05, 0) is 25.5 Å². The summed E-state index contributed by atoms with van der Waals surface area (Å²) in [6.45, 7) is 8.09. The maximum atomic E-state index is 4.47. The first-order chi connectivity index (χ1) is 10.1. The fraction of sp³-hybridized carbons (Fsp3) is 0.947. The van der Waals surface area contributed by atoms with Crippen LogP contribution in [0.3, 0.4) is 0 Å². The lowest BCUT2D eigenvalue weighted by Crippen LogP contribution is -3.00. The maximum Gasteiger partial charge on any atom is 0.0800 e. The average molecular weight is 377 g/mol. The van der Waals surface area contributed by atoms with E-state index in [9.17, 15) is 0 Å². The largest absolute Gasteiger partial charge is 1.00 e. The van der Waals surface area contributed by atoms with Crippen LogP contribution in [0.1, 0.15) is 84.5 Å². The van der Waals surface area contributed by atoms with Crippen molar-refractivity contribution >= 4 is 6.21 Å². The van der Waals surface area contributed by atoms with Crippen LogP contribution in [-0.4, -0.2) is 44.4 Å². The van der Waals surface area contributed by atoms with Crippen molar-refractivity contribution in [2.75, 3.05) is 33.7 Å². The molecule has 0 radical (unpaired) electrons. The van der Waals surface area contributed by atoms with E-state index in [1.165, 1.54) is 81.8 Å². The molecule has 2 nitrogen and oxygen atoms in total. The summed E-state index contributed by atoms with van der Waals surface area (Å²) in [7, 11) is 4.74. The summed E-state index contributed by atoms with van der Waals surface area (Å²) in [6, 6.07) is 0. The van der Waals surface area contributed by atoms with Gasteiger partial charge >= 0.3 is 0 Å². The van der Waals surface area contributed by atoms with Gasteiger partial charge in [0, 0.05) is 13.0 Å². The van der Waals surface area contributed by atoms with Crippen molar-refractivity contribution < 1.29 is 21.5 Å². The highest BCUT2D eigenvalue weighted by atomic mass is 79.9. The average Bonchev–Trinajstić information content (AvgIpc) is 2.45. The van der Waals surface area contributed by atoms with Crippen molar-refractivity contribution in [3.05, 3.63) is 0 Å². The molecule has 0 unspecified atom stereocenters. The number of quaternary nitrogens is 1. The molecule has 134 valence electrons. The minimum absolute atomic E-state index is 0. The molecule has 0 spiro atoms. The molecule has 0 fully saturated rings. The molecular weight excluding hydrogens is 336 g/mol. The monoisotopic (exact) mass is 376 g/mol. The van der Waals surface area contributed by atoms with E-state index in [1.54, 1.807) is 0 Å². The van der Waals surface area contributed by atoms with Crippen molar-refractivity contribution in [3.8, 4) is 0 Å². The third-order valence-corrected chi connectivity index (χ3v) is 4.21. The Labute approximate surface area is 151 Å². The van der Waals surface area contributed by atoms with Crippen LogP contribution in [0.25, 0.3) is 0 Å². The van der Waals surface area contributed by atoms with E-state index in [2.05, 4.69) is 39.1 Å². The molecule has 0 heterocycles. The molecule has 0 saturated carbocycles. The van der Waals surface area contributed by atoms with Crippen LogP contribution in [0.4, 0.5) is 0 Å². The van der Waals surface area contributed by atoms with Gasteiger partial charge in [-0.25, -0.2) is 0 Å². The van der Waals surface area contributed by atoms with Crippen LogP contribution >= 0.6 is 0 Å². The number of nitrogens with zero attached hydrogens (tertiary/aromatic N) is 2. The number of halogens is 1. The number of aliphatic imine (C=N–C) groups is 1. The zero-order valence-electron chi connectivity index (χ0n) is 15.7. The van der Waals surface area contributed by atoms with Gasteiger partial charge in [-0.2, -0.15) is 0 Å². The fourth-order valence-corrected chi connectivity index (χ4v) is 2.69. The fourth-order valence-electron chi connectivity index (χ4n) is 2.69. The number of hydrogen-bond donors (Lipinski definition) is 0. The van der Waals surface area contributed by atoms with Crippen molar-refractivity contribution in [2.24, 2.45) is 4.99 Å². The predicted molar refractivity (Wildman–Crippen MR) is 97.3 cm³/mol. The van der Waals surface area contributed by atoms with Crippen molar-refractivity contribution in [1.29, 1.82) is 0 Å². The van der Waals surface area contributed by atoms with Gasteiger partial charge < -0.3 is 21.5 Å². The lowest BCUT2D eigenvalue weighted by atomic mass is 10.1. The summed E-state index contributed by atoms with van der Waals surface area (Å²) < 4.78 is 1.17. The zero-order chi connectivity index (χ0) is 15.8. The van der Waals surface area contributed by atoms with E-state index in [0.29, 0.717) is 0 Å². The smallest absolute Gasteiger partial charge is 0.0800 e. The lowest BCUT2D eigenvalue weighted by molar-refractivity contribution is -0.890. The molecule has 0 aliphatic rings. The summed E-state index contributed by atoms with van der Waals surface area (Å²) >= 11 is 0. The lowest BCUT2D eigenvalue weighted by Gasteiger charge is -2.29. The van der Waals surface area contributed by atoms with E-state index in [-0.39, 0.29) is 17.0 Å². The molecule has 0 N–H and O–H groups in total. The Morgan fingerprint density at radius 1 is 0.727 bits per heavy atom. The van der Waals surface area contributed by atoms with Gasteiger partial charge in [-0.1, -0.05) is 58.8 Å². The van der Waals surface area contributed by atoms with E-state index in [1.807, 2.05) is 0 Å². The molecule has 22 heavy (non-hydrogen) atoms. The van der Waals surface area contributed by atoms with E-state index >= 15 is 0 Å². The molecule has 0 saturated heterocycles. The third-order valence-electron chi connectivity index (χ3n) is 4.21. The summed E-state index contributed by atoms with van der Waals surface area (Å²) in [4.78, 5) is 4.47. The maximum absolute atomic E-state index is 4.47.